The van der Waals surface area contributed by atoms with Crippen LogP contribution in [-0.2, 0) is 0 Å². The van der Waals surface area contributed by atoms with Crippen molar-refractivity contribution in [3.05, 3.63) is 71.9 Å². The third kappa shape index (κ3) is 2.74. The van der Waals surface area contributed by atoms with Gasteiger partial charge in [0.25, 0.3) is 5.91 Å². The third-order valence-electron chi connectivity index (χ3n) is 3.63. The summed E-state index contributed by atoms with van der Waals surface area (Å²) in [5, 5.41) is 2.95. The van der Waals surface area contributed by atoms with Crippen molar-refractivity contribution < 1.29 is 4.79 Å². The molecule has 2 heterocycles. The largest absolute Gasteiger partial charge is 0.322 e. The number of nitrogens with one attached hydrogen (secondary N) is 1. The minimum absolute atomic E-state index is 0.155. The molecule has 0 aliphatic heterocycles. The highest BCUT2D eigenvalue weighted by Gasteiger charge is 2.10. The van der Waals surface area contributed by atoms with Gasteiger partial charge in [-0.1, -0.05) is 12.1 Å². The molecule has 0 saturated heterocycles. The number of carbonyl (C=O) groups is 1. The number of pyridine rings is 1. The van der Waals surface area contributed by atoms with E-state index in [1.54, 1.807) is 41.6 Å². The van der Waals surface area contributed by atoms with Gasteiger partial charge in [0.05, 0.1) is 0 Å². The summed E-state index contributed by atoms with van der Waals surface area (Å²) in [6.07, 6.45) is 6.72. The van der Waals surface area contributed by atoms with Gasteiger partial charge in [0.1, 0.15) is 12.1 Å². The van der Waals surface area contributed by atoms with Gasteiger partial charge in [0.2, 0.25) is 0 Å². The van der Waals surface area contributed by atoms with Crippen molar-refractivity contribution in [1.82, 2.24) is 14.5 Å². The second-order valence-electron chi connectivity index (χ2n) is 5.07. The summed E-state index contributed by atoms with van der Waals surface area (Å²) in [7, 11) is 0. The lowest BCUT2D eigenvalue weighted by Crippen LogP contribution is -2.13. The second kappa shape index (κ2) is 5.81. The number of anilines is 1. The minimum atomic E-state index is -0.155. The topological polar surface area (TPSA) is 59.8 Å². The van der Waals surface area contributed by atoms with Crippen molar-refractivity contribution >= 4 is 11.6 Å². The Hall–Kier alpha value is -2.95. The van der Waals surface area contributed by atoms with Crippen LogP contribution >= 0.6 is 0 Å². The maximum atomic E-state index is 12.4. The molecule has 1 N–H and O–H groups in total. The average Bonchev–Trinajstić information content (AvgIpc) is 3.06. The summed E-state index contributed by atoms with van der Waals surface area (Å²) in [5.74, 6) is 0.503. The van der Waals surface area contributed by atoms with Gasteiger partial charge >= 0.3 is 0 Å². The standard InChI is InChI=1S/C17H16N4O/c1-12-4-3-5-15(13(12)2)20-17(22)14-6-7-19-16(10-14)21-9-8-18-11-21/h3-11H,1-2H3,(H,20,22). The van der Waals surface area contributed by atoms with Gasteiger partial charge in [-0.3, -0.25) is 9.36 Å². The van der Waals surface area contributed by atoms with Crippen LogP contribution in [0.4, 0.5) is 5.69 Å². The van der Waals surface area contributed by atoms with Crippen molar-refractivity contribution in [2.45, 2.75) is 13.8 Å². The van der Waals surface area contributed by atoms with E-state index in [9.17, 15) is 4.79 Å². The minimum Gasteiger partial charge on any atom is -0.322 e. The van der Waals surface area contributed by atoms with Gasteiger partial charge in [-0.25, -0.2) is 9.97 Å². The molecule has 0 spiro atoms. The summed E-state index contributed by atoms with van der Waals surface area (Å²) in [6, 6.07) is 9.29. The number of nitrogens with zero attached hydrogens (tertiary/aromatic N) is 3. The predicted octanol–water partition coefficient (Wildman–Crippen LogP) is 3.14. The van der Waals surface area contributed by atoms with Crippen LogP contribution in [0.3, 0.4) is 0 Å². The molecule has 5 nitrogen and oxygen atoms in total. The first-order valence-corrected chi connectivity index (χ1v) is 6.97. The zero-order valence-corrected chi connectivity index (χ0v) is 12.4. The van der Waals surface area contributed by atoms with Crippen molar-refractivity contribution in [2.75, 3.05) is 5.32 Å². The van der Waals surface area contributed by atoms with E-state index in [0.717, 1.165) is 16.8 Å². The number of benzene rings is 1. The average molecular weight is 292 g/mol. The molecule has 0 aliphatic carbocycles. The summed E-state index contributed by atoms with van der Waals surface area (Å²) in [6.45, 7) is 4.02. The van der Waals surface area contributed by atoms with E-state index in [1.165, 1.54) is 0 Å². The quantitative estimate of drug-likeness (QED) is 0.806. The Morgan fingerprint density at radius 2 is 2.05 bits per heavy atom. The van der Waals surface area contributed by atoms with E-state index in [0.29, 0.717) is 11.4 Å². The van der Waals surface area contributed by atoms with Crippen LogP contribution in [0.1, 0.15) is 21.5 Å². The Morgan fingerprint density at radius 3 is 2.82 bits per heavy atom. The monoisotopic (exact) mass is 292 g/mol. The van der Waals surface area contributed by atoms with Crippen LogP contribution in [0.25, 0.3) is 5.82 Å². The fraction of sp³-hybridized carbons (Fsp3) is 0.118. The number of aromatic nitrogens is 3. The Labute approximate surface area is 128 Å². The lowest BCUT2D eigenvalue weighted by atomic mass is 10.1. The smallest absolute Gasteiger partial charge is 0.255 e. The second-order valence-corrected chi connectivity index (χ2v) is 5.07. The maximum absolute atomic E-state index is 12.4. The number of imidazole rings is 1. The normalized spacial score (nSPS) is 10.5. The van der Waals surface area contributed by atoms with E-state index >= 15 is 0 Å². The molecule has 1 aromatic carbocycles. The van der Waals surface area contributed by atoms with E-state index in [-0.39, 0.29) is 5.91 Å². The fourth-order valence-electron chi connectivity index (χ4n) is 2.18. The summed E-state index contributed by atoms with van der Waals surface area (Å²) in [5.41, 5.74) is 3.59. The number of carbonyl (C=O) groups excluding carboxylic acids is 1. The highest BCUT2D eigenvalue weighted by Crippen LogP contribution is 2.19. The summed E-state index contributed by atoms with van der Waals surface area (Å²) in [4.78, 5) is 20.7. The molecule has 2 aromatic heterocycles. The summed E-state index contributed by atoms with van der Waals surface area (Å²) < 4.78 is 1.76. The Bertz CT molecular complexity index is 809. The van der Waals surface area contributed by atoms with Gasteiger partial charge in [-0.2, -0.15) is 0 Å². The zero-order valence-electron chi connectivity index (χ0n) is 12.4. The first kappa shape index (κ1) is 14.0. The highest BCUT2D eigenvalue weighted by molar-refractivity contribution is 6.04. The maximum Gasteiger partial charge on any atom is 0.255 e. The van der Waals surface area contributed by atoms with Crippen LogP contribution in [-0.4, -0.2) is 20.4 Å². The van der Waals surface area contributed by atoms with Gasteiger partial charge in [-0.15, -0.1) is 0 Å². The molecular weight excluding hydrogens is 276 g/mol. The molecule has 0 fully saturated rings. The van der Waals surface area contributed by atoms with Crippen LogP contribution in [0, 0.1) is 13.8 Å². The predicted molar refractivity (Wildman–Crippen MR) is 85.2 cm³/mol. The molecule has 0 atom stereocenters. The molecular formula is C17H16N4O. The van der Waals surface area contributed by atoms with Crippen LogP contribution < -0.4 is 5.32 Å². The molecule has 3 aromatic rings. The molecule has 0 saturated carbocycles. The van der Waals surface area contributed by atoms with Gasteiger partial charge in [0, 0.05) is 29.8 Å². The fourth-order valence-corrected chi connectivity index (χ4v) is 2.18. The van der Waals surface area contributed by atoms with Crippen LogP contribution in [0.2, 0.25) is 0 Å². The van der Waals surface area contributed by atoms with E-state index in [4.69, 9.17) is 0 Å². The molecule has 0 bridgehead atoms. The lowest BCUT2D eigenvalue weighted by molar-refractivity contribution is 0.102. The number of amides is 1. The van der Waals surface area contributed by atoms with E-state index in [2.05, 4.69) is 15.3 Å². The molecule has 0 unspecified atom stereocenters. The molecule has 110 valence electrons. The number of rotatable bonds is 3. The van der Waals surface area contributed by atoms with Crippen molar-refractivity contribution in [2.24, 2.45) is 0 Å². The van der Waals surface area contributed by atoms with Gasteiger partial charge in [-0.05, 0) is 43.2 Å². The number of hydrogen-bond acceptors (Lipinski definition) is 3. The van der Waals surface area contributed by atoms with E-state index < -0.39 is 0 Å². The molecule has 22 heavy (non-hydrogen) atoms. The van der Waals surface area contributed by atoms with Crippen molar-refractivity contribution in [3.63, 3.8) is 0 Å². The summed E-state index contributed by atoms with van der Waals surface area (Å²) >= 11 is 0. The Balaban J connectivity index is 1.87. The Kier molecular flexibility index (Phi) is 3.70. The van der Waals surface area contributed by atoms with Crippen molar-refractivity contribution in [3.8, 4) is 5.82 Å². The van der Waals surface area contributed by atoms with Crippen molar-refractivity contribution in [1.29, 1.82) is 0 Å². The lowest BCUT2D eigenvalue weighted by Gasteiger charge is -2.11. The first-order chi connectivity index (χ1) is 10.6. The van der Waals surface area contributed by atoms with Gasteiger partial charge < -0.3 is 5.32 Å². The first-order valence-electron chi connectivity index (χ1n) is 6.97. The van der Waals surface area contributed by atoms with Gasteiger partial charge in [0.15, 0.2) is 0 Å². The van der Waals surface area contributed by atoms with E-state index in [1.807, 2.05) is 32.0 Å². The molecule has 1 amide bonds. The van der Waals surface area contributed by atoms with Crippen LogP contribution in [0.15, 0.2) is 55.2 Å². The number of hydrogen-bond donors (Lipinski definition) is 1. The molecule has 0 radical (unpaired) electrons. The van der Waals surface area contributed by atoms with Crippen LogP contribution in [0.5, 0.6) is 0 Å². The molecule has 5 heteroatoms. The Morgan fingerprint density at radius 1 is 1.18 bits per heavy atom. The highest BCUT2D eigenvalue weighted by atomic mass is 16.1. The number of aryl methyl sites for hydroxylation is 1. The molecule has 3 rings (SSSR count). The molecule has 0 aliphatic rings. The third-order valence-corrected chi connectivity index (χ3v) is 3.63. The zero-order chi connectivity index (χ0) is 15.5. The SMILES string of the molecule is Cc1cccc(NC(=O)c2ccnc(-n3ccnc3)c2)c1C.